The van der Waals surface area contributed by atoms with Gasteiger partial charge in [-0.25, -0.2) is 4.98 Å². The number of nitrogens with two attached hydrogens (primary N) is 1. The van der Waals surface area contributed by atoms with Crippen molar-refractivity contribution in [1.29, 1.82) is 0 Å². The quantitative estimate of drug-likeness (QED) is 0.598. The molecule has 0 aliphatic carbocycles. The molecule has 0 aliphatic heterocycles. The van der Waals surface area contributed by atoms with E-state index in [9.17, 15) is 9.59 Å². The summed E-state index contributed by atoms with van der Waals surface area (Å²) in [6.07, 6.45) is 0. The molecule has 0 saturated carbocycles. The number of carbonyl (C=O) groups is 1. The molecule has 0 fully saturated rings. The summed E-state index contributed by atoms with van der Waals surface area (Å²) >= 11 is 0. The highest BCUT2D eigenvalue weighted by molar-refractivity contribution is 5.82. The molecule has 1 rings (SSSR count). The van der Waals surface area contributed by atoms with E-state index in [-0.39, 0.29) is 5.56 Å². The number of hydrogen-bond acceptors (Lipinski definition) is 4. The molecule has 1 atom stereocenters. The standard InChI is InChI=1S/C8H12N4O2/c1-4(8(9)14)10-6-3-7(13)12-5(2)11-6/h3-4H,1-2H3,(H2,9,14)(H2,10,11,12,13). The van der Waals surface area contributed by atoms with Crippen molar-refractivity contribution in [3.8, 4) is 0 Å². The molecular formula is C8H12N4O2. The Bertz CT molecular complexity index is 399. The number of nitrogens with zero attached hydrogens (tertiary/aromatic N) is 1. The molecule has 1 aromatic heterocycles. The molecule has 1 amide bonds. The molecule has 0 bridgehead atoms. The van der Waals surface area contributed by atoms with Crippen LogP contribution >= 0.6 is 0 Å². The van der Waals surface area contributed by atoms with Crippen LogP contribution in [0.15, 0.2) is 10.9 Å². The van der Waals surface area contributed by atoms with Gasteiger partial charge in [-0.2, -0.15) is 0 Å². The molecule has 4 N–H and O–H groups in total. The van der Waals surface area contributed by atoms with E-state index < -0.39 is 11.9 Å². The van der Waals surface area contributed by atoms with Crippen molar-refractivity contribution >= 4 is 11.7 Å². The van der Waals surface area contributed by atoms with Gasteiger partial charge in [-0.1, -0.05) is 0 Å². The molecule has 14 heavy (non-hydrogen) atoms. The van der Waals surface area contributed by atoms with E-state index in [0.717, 1.165) is 0 Å². The number of amides is 1. The molecule has 0 radical (unpaired) electrons. The molecule has 0 aliphatic rings. The number of H-pyrrole nitrogens is 1. The fourth-order valence-electron chi connectivity index (χ4n) is 0.946. The van der Waals surface area contributed by atoms with Crippen LogP contribution in [0.2, 0.25) is 0 Å². The van der Waals surface area contributed by atoms with E-state index in [1.807, 2.05) is 0 Å². The lowest BCUT2D eigenvalue weighted by Crippen LogP contribution is -2.33. The van der Waals surface area contributed by atoms with E-state index in [1.54, 1.807) is 13.8 Å². The summed E-state index contributed by atoms with van der Waals surface area (Å²) in [5, 5.41) is 2.72. The molecule has 1 heterocycles. The zero-order valence-electron chi connectivity index (χ0n) is 8.00. The third-order valence-corrected chi connectivity index (χ3v) is 1.65. The van der Waals surface area contributed by atoms with E-state index in [4.69, 9.17) is 5.73 Å². The maximum absolute atomic E-state index is 11.0. The smallest absolute Gasteiger partial charge is 0.252 e. The molecular weight excluding hydrogens is 184 g/mol. The van der Waals surface area contributed by atoms with Crippen molar-refractivity contribution in [2.24, 2.45) is 5.73 Å². The predicted molar refractivity (Wildman–Crippen MR) is 51.9 cm³/mol. The first-order valence-corrected chi connectivity index (χ1v) is 4.13. The second-order valence-corrected chi connectivity index (χ2v) is 2.98. The van der Waals surface area contributed by atoms with Crippen LogP contribution in [-0.2, 0) is 4.79 Å². The Morgan fingerprint density at radius 3 is 2.86 bits per heavy atom. The van der Waals surface area contributed by atoms with E-state index in [0.29, 0.717) is 11.6 Å². The molecule has 0 spiro atoms. The molecule has 6 heteroatoms. The molecule has 0 aromatic carbocycles. The first-order chi connectivity index (χ1) is 6.49. The van der Waals surface area contributed by atoms with E-state index >= 15 is 0 Å². The molecule has 0 saturated heterocycles. The average Bonchev–Trinajstić information content (AvgIpc) is 2.01. The van der Waals surface area contributed by atoms with Crippen LogP contribution in [0.25, 0.3) is 0 Å². The highest BCUT2D eigenvalue weighted by Crippen LogP contribution is 2.00. The fraction of sp³-hybridized carbons (Fsp3) is 0.375. The second-order valence-electron chi connectivity index (χ2n) is 2.98. The van der Waals surface area contributed by atoms with Crippen LogP contribution in [0.1, 0.15) is 12.7 Å². The number of anilines is 1. The van der Waals surface area contributed by atoms with Gasteiger partial charge in [0, 0.05) is 6.07 Å². The average molecular weight is 196 g/mol. The van der Waals surface area contributed by atoms with Gasteiger partial charge < -0.3 is 16.0 Å². The molecule has 6 nitrogen and oxygen atoms in total. The summed E-state index contributed by atoms with van der Waals surface area (Å²) in [5.74, 6) is 0.332. The van der Waals surface area contributed by atoms with Gasteiger partial charge >= 0.3 is 0 Å². The highest BCUT2D eigenvalue weighted by Gasteiger charge is 2.08. The number of aromatic nitrogens is 2. The number of primary amides is 1. The summed E-state index contributed by atoms with van der Waals surface area (Å²) in [6, 6.07) is 0.718. The summed E-state index contributed by atoms with van der Waals surface area (Å²) < 4.78 is 0. The second kappa shape index (κ2) is 3.91. The van der Waals surface area contributed by atoms with Gasteiger partial charge in [0.2, 0.25) is 5.91 Å². The Hall–Kier alpha value is -1.85. The minimum absolute atomic E-state index is 0.267. The summed E-state index contributed by atoms with van der Waals surface area (Å²) in [4.78, 5) is 28.2. The van der Waals surface area contributed by atoms with Crippen molar-refractivity contribution in [2.45, 2.75) is 19.9 Å². The lowest BCUT2D eigenvalue weighted by molar-refractivity contribution is -0.118. The van der Waals surface area contributed by atoms with Gasteiger partial charge in [-0.3, -0.25) is 9.59 Å². The van der Waals surface area contributed by atoms with Crippen molar-refractivity contribution in [2.75, 3.05) is 5.32 Å². The predicted octanol–water partition coefficient (Wildman–Crippen LogP) is -0.636. The Kier molecular flexibility index (Phi) is 2.85. The van der Waals surface area contributed by atoms with Gasteiger partial charge in [-0.05, 0) is 13.8 Å². The van der Waals surface area contributed by atoms with Crippen LogP contribution in [0.5, 0.6) is 0 Å². The number of hydrogen-bond donors (Lipinski definition) is 3. The number of carbonyl (C=O) groups excluding carboxylic acids is 1. The molecule has 76 valence electrons. The van der Waals surface area contributed by atoms with Crippen molar-refractivity contribution in [1.82, 2.24) is 9.97 Å². The minimum Gasteiger partial charge on any atom is -0.368 e. The summed E-state index contributed by atoms with van der Waals surface area (Å²) in [5.41, 5.74) is 4.78. The van der Waals surface area contributed by atoms with Gasteiger partial charge in [0.15, 0.2) is 0 Å². The van der Waals surface area contributed by atoms with Gasteiger partial charge in [0.05, 0.1) is 0 Å². The number of rotatable bonds is 3. The van der Waals surface area contributed by atoms with Crippen molar-refractivity contribution in [3.63, 3.8) is 0 Å². The number of aromatic amines is 1. The topological polar surface area (TPSA) is 101 Å². The van der Waals surface area contributed by atoms with E-state index in [1.165, 1.54) is 6.07 Å². The van der Waals surface area contributed by atoms with Gasteiger partial charge in [-0.15, -0.1) is 0 Å². The largest absolute Gasteiger partial charge is 0.368 e. The first-order valence-electron chi connectivity index (χ1n) is 4.13. The lowest BCUT2D eigenvalue weighted by atomic mass is 10.3. The number of nitrogens with one attached hydrogen (secondary N) is 2. The van der Waals surface area contributed by atoms with E-state index in [2.05, 4.69) is 15.3 Å². The first kappa shape index (κ1) is 10.2. The Labute approximate surface area is 80.5 Å². The normalized spacial score (nSPS) is 12.1. The lowest BCUT2D eigenvalue weighted by Gasteiger charge is -2.10. The van der Waals surface area contributed by atoms with Crippen LogP contribution in [0.3, 0.4) is 0 Å². The minimum atomic E-state index is -0.552. The van der Waals surface area contributed by atoms with Crippen LogP contribution in [0.4, 0.5) is 5.82 Å². The monoisotopic (exact) mass is 196 g/mol. The molecule has 1 aromatic rings. The third kappa shape index (κ3) is 2.58. The van der Waals surface area contributed by atoms with Crippen LogP contribution in [-0.4, -0.2) is 21.9 Å². The zero-order chi connectivity index (χ0) is 10.7. The Morgan fingerprint density at radius 1 is 1.71 bits per heavy atom. The molecule has 1 unspecified atom stereocenters. The zero-order valence-corrected chi connectivity index (χ0v) is 8.00. The van der Waals surface area contributed by atoms with Crippen LogP contribution < -0.4 is 16.6 Å². The van der Waals surface area contributed by atoms with Crippen molar-refractivity contribution < 1.29 is 4.79 Å². The maximum Gasteiger partial charge on any atom is 0.252 e. The van der Waals surface area contributed by atoms with Gasteiger partial charge in [0.1, 0.15) is 17.7 Å². The number of aryl methyl sites for hydroxylation is 1. The van der Waals surface area contributed by atoms with Gasteiger partial charge in [0.25, 0.3) is 5.56 Å². The highest BCUT2D eigenvalue weighted by atomic mass is 16.1. The fourth-order valence-corrected chi connectivity index (χ4v) is 0.946. The third-order valence-electron chi connectivity index (χ3n) is 1.65. The Morgan fingerprint density at radius 2 is 2.36 bits per heavy atom. The SMILES string of the molecule is Cc1nc(NC(C)C(N)=O)cc(=O)[nH]1. The maximum atomic E-state index is 11.0. The summed E-state index contributed by atoms with van der Waals surface area (Å²) in [7, 11) is 0. The Balaban J connectivity index is 2.87. The summed E-state index contributed by atoms with van der Waals surface area (Å²) in [6.45, 7) is 3.25. The van der Waals surface area contributed by atoms with Crippen molar-refractivity contribution in [3.05, 3.63) is 22.2 Å². The van der Waals surface area contributed by atoms with Crippen LogP contribution in [0, 0.1) is 6.92 Å².